The minimum absolute atomic E-state index is 0.153. The summed E-state index contributed by atoms with van der Waals surface area (Å²) in [5, 5.41) is 3.40. The molecule has 0 aromatic carbocycles. The fourth-order valence-corrected chi connectivity index (χ4v) is 3.46. The first kappa shape index (κ1) is 18.1. The third-order valence-electron chi connectivity index (χ3n) is 3.69. The first-order chi connectivity index (χ1) is 11.4. The van der Waals surface area contributed by atoms with Gasteiger partial charge in [0.15, 0.2) is 5.13 Å². The molecule has 8 heteroatoms. The summed E-state index contributed by atoms with van der Waals surface area (Å²) in [6.07, 6.45) is 3.23. The van der Waals surface area contributed by atoms with Crippen LogP contribution in [-0.2, 0) is 24.1 Å². The first-order valence-corrected chi connectivity index (χ1v) is 8.86. The smallest absolute Gasteiger partial charge is 0.311 e. The third kappa shape index (κ3) is 4.41. The third-order valence-corrected chi connectivity index (χ3v) is 4.85. The number of hydrogen-bond acceptors (Lipinski definition) is 5. The number of rotatable bonds is 7. The van der Waals surface area contributed by atoms with E-state index in [0.29, 0.717) is 16.4 Å². The van der Waals surface area contributed by atoms with Gasteiger partial charge in [0.05, 0.1) is 5.69 Å². The summed E-state index contributed by atoms with van der Waals surface area (Å²) in [5.41, 5.74) is 0.975. The number of nitrogens with zero attached hydrogens (tertiary/aromatic N) is 1. The maximum Gasteiger partial charge on any atom is 0.325 e. The number of aromatic nitrogens is 3. The second-order valence-corrected chi connectivity index (χ2v) is 6.64. The van der Waals surface area contributed by atoms with Gasteiger partial charge in [-0.3, -0.25) is 14.6 Å². The normalized spacial score (nSPS) is 10.8. The highest BCUT2D eigenvalue weighted by molar-refractivity contribution is 7.15. The highest BCUT2D eigenvalue weighted by Crippen LogP contribution is 2.24. The number of carbonyl (C=O) groups is 1. The Hall–Kier alpha value is -2.22. The van der Waals surface area contributed by atoms with Crippen LogP contribution in [0.4, 0.5) is 5.13 Å². The Morgan fingerprint density at radius 1 is 1.21 bits per heavy atom. The number of hydrogen-bond donors (Lipinski definition) is 3. The molecule has 0 atom stereocenters. The van der Waals surface area contributed by atoms with E-state index in [2.05, 4.69) is 34.1 Å². The van der Waals surface area contributed by atoms with Gasteiger partial charge < -0.3 is 10.3 Å². The van der Waals surface area contributed by atoms with E-state index in [4.69, 9.17) is 0 Å². The van der Waals surface area contributed by atoms with Crippen LogP contribution in [0.1, 0.15) is 48.5 Å². The van der Waals surface area contributed by atoms with Crippen LogP contribution in [0.3, 0.4) is 0 Å². The van der Waals surface area contributed by atoms with Gasteiger partial charge in [0.1, 0.15) is 0 Å². The Kier molecular flexibility index (Phi) is 6.08. The van der Waals surface area contributed by atoms with Gasteiger partial charge in [0.2, 0.25) is 5.91 Å². The number of H-pyrrole nitrogens is 2. The second kappa shape index (κ2) is 8.05. The number of carbonyl (C=O) groups excluding carboxylic acids is 1. The van der Waals surface area contributed by atoms with Crippen molar-refractivity contribution in [1.29, 1.82) is 0 Å². The Balaban J connectivity index is 2.02. The fraction of sp³-hybridized carbons (Fsp3) is 0.500. The number of aryl methyl sites for hydroxylation is 3. The molecule has 7 nitrogen and oxygen atoms in total. The molecule has 0 bridgehead atoms. The Morgan fingerprint density at radius 2 is 1.96 bits per heavy atom. The summed E-state index contributed by atoms with van der Waals surface area (Å²) in [5.74, 6) is -0.195. The summed E-state index contributed by atoms with van der Waals surface area (Å²) in [6.45, 7) is 5.82. The Bertz CT molecular complexity index is 835. The standard InChI is InChI=1S/C16H22N4O3S/c1-4-6-11-12(5-2)24-16(18-11)19-13(21)8-7-10-9(3)17-15(23)20-14(10)22/h4-8H2,1-3H3,(H,18,19,21)(H2,17,20,22,23). The van der Waals surface area contributed by atoms with E-state index >= 15 is 0 Å². The molecule has 0 radical (unpaired) electrons. The van der Waals surface area contributed by atoms with Crippen LogP contribution in [0.5, 0.6) is 0 Å². The van der Waals surface area contributed by atoms with Crippen molar-refractivity contribution in [3.63, 3.8) is 0 Å². The molecule has 0 spiro atoms. The highest BCUT2D eigenvalue weighted by atomic mass is 32.1. The number of thiazole rings is 1. The van der Waals surface area contributed by atoms with Crippen LogP contribution in [0.25, 0.3) is 0 Å². The average molecular weight is 350 g/mol. The van der Waals surface area contributed by atoms with Gasteiger partial charge in [-0.25, -0.2) is 9.78 Å². The SMILES string of the molecule is CCCc1nc(NC(=O)CCc2c(C)[nH]c(=O)[nH]c2=O)sc1CC. The maximum atomic E-state index is 12.1. The number of nitrogens with one attached hydrogen (secondary N) is 3. The molecule has 0 aliphatic carbocycles. The molecule has 0 aliphatic heterocycles. The van der Waals surface area contributed by atoms with Gasteiger partial charge in [-0.1, -0.05) is 20.3 Å². The summed E-state index contributed by atoms with van der Waals surface area (Å²) in [4.78, 5) is 45.4. The molecule has 130 valence electrons. The molecule has 0 aliphatic rings. The monoisotopic (exact) mass is 350 g/mol. The number of aromatic amines is 2. The lowest BCUT2D eigenvalue weighted by molar-refractivity contribution is -0.116. The minimum Gasteiger partial charge on any atom is -0.311 e. The maximum absolute atomic E-state index is 12.1. The zero-order chi connectivity index (χ0) is 17.7. The molecule has 3 N–H and O–H groups in total. The van der Waals surface area contributed by atoms with Crippen molar-refractivity contribution in [3.8, 4) is 0 Å². The molecule has 0 saturated carbocycles. The summed E-state index contributed by atoms with van der Waals surface area (Å²) in [7, 11) is 0. The van der Waals surface area contributed by atoms with Crippen molar-refractivity contribution in [2.45, 2.75) is 52.9 Å². The van der Waals surface area contributed by atoms with Crippen molar-refractivity contribution < 1.29 is 4.79 Å². The Morgan fingerprint density at radius 3 is 2.58 bits per heavy atom. The van der Waals surface area contributed by atoms with Crippen molar-refractivity contribution in [1.82, 2.24) is 15.0 Å². The molecule has 2 aromatic heterocycles. The van der Waals surface area contributed by atoms with Crippen molar-refractivity contribution in [2.24, 2.45) is 0 Å². The zero-order valence-corrected chi connectivity index (χ0v) is 14.9. The number of anilines is 1. The molecule has 0 unspecified atom stereocenters. The molecule has 0 saturated heterocycles. The fourth-order valence-electron chi connectivity index (χ4n) is 2.49. The molecule has 0 fully saturated rings. The first-order valence-electron chi connectivity index (χ1n) is 8.05. The van der Waals surface area contributed by atoms with Crippen LogP contribution in [-0.4, -0.2) is 20.9 Å². The summed E-state index contributed by atoms with van der Waals surface area (Å²) >= 11 is 1.50. The molecular weight excluding hydrogens is 328 g/mol. The lowest BCUT2D eigenvalue weighted by Gasteiger charge is -2.04. The lowest BCUT2D eigenvalue weighted by atomic mass is 10.1. The van der Waals surface area contributed by atoms with Crippen LogP contribution < -0.4 is 16.6 Å². The van der Waals surface area contributed by atoms with E-state index in [1.165, 1.54) is 16.2 Å². The lowest BCUT2D eigenvalue weighted by Crippen LogP contribution is -2.27. The molecule has 1 amide bonds. The van der Waals surface area contributed by atoms with Crippen molar-refractivity contribution in [2.75, 3.05) is 5.32 Å². The van der Waals surface area contributed by atoms with Crippen LogP contribution in [0.15, 0.2) is 9.59 Å². The van der Waals surface area contributed by atoms with Gasteiger partial charge in [-0.2, -0.15) is 0 Å². The van der Waals surface area contributed by atoms with Crippen molar-refractivity contribution in [3.05, 3.63) is 42.7 Å². The van der Waals surface area contributed by atoms with E-state index in [9.17, 15) is 14.4 Å². The molecule has 24 heavy (non-hydrogen) atoms. The molecule has 2 aromatic rings. The van der Waals surface area contributed by atoms with E-state index < -0.39 is 11.2 Å². The van der Waals surface area contributed by atoms with Crippen LogP contribution in [0, 0.1) is 6.92 Å². The van der Waals surface area contributed by atoms with Gasteiger partial charge in [-0.15, -0.1) is 11.3 Å². The molecule has 2 heterocycles. The van der Waals surface area contributed by atoms with Gasteiger partial charge in [0, 0.05) is 22.6 Å². The van der Waals surface area contributed by atoms with E-state index in [1.807, 2.05) is 0 Å². The summed E-state index contributed by atoms with van der Waals surface area (Å²) in [6, 6.07) is 0. The summed E-state index contributed by atoms with van der Waals surface area (Å²) < 4.78 is 0. The van der Waals surface area contributed by atoms with E-state index in [0.717, 1.165) is 25.0 Å². The zero-order valence-electron chi connectivity index (χ0n) is 14.1. The second-order valence-electron chi connectivity index (χ2n) is 5.55. The quantitative estimate of drug-likeness (QED) is 0.709. The predicted molar refractivity (Wildman–Crippen MR) is 94.9 cm³/mol. The van der Waals surface area contributed by atoms with Gasteiger partial charge in [-0.05, 0) is 26.2 Å². The van der Waals surface area contributed by atoms with Crippen LogP contribution >= 0.6 is 11.3 Å². The topological polar surface area (TPSA) is 108 Å². The Labute approximate surface area is 143 Å². The number of amides is 1. The highest BCUT2D eigenvalue weighted by Gasteiger charge is 2.13. The largest absolute Gasteiger partial charge is 0.325 e. The van der Waals surface area contributed by atoms with Gasteiger partial charge in [0.25, 0.3) is 5.56 Å². The van der Waals surface area contributed by atoms with Crippen molar-refractivity contribution >= 4 is 22.4 Å². The predicted octanol–water partition coefficient (Wildman–Crippen LogP) is 1.91. The molecule has 2 rings (SSSR count). The average Bonchev–Trinajstić information content (AvgIpc) is 2.88. The minimum atomic E-state index is -0.538. The molecular formula is C16H22N4O3S. The van der Waals surface area contributed by atoms with E-state index in [1.54, 1.807) is 6.92 Å². The van der Waals surface area contributed by atoms with E-state index in [-0.39, 0.29) is 18.7 Å². The van der Waals surface area contributed by atoms with Gasteiger partial charge >= 0.3 is 5.69 Å². The van der Waals surface area contributed by atoms with Crippen LogP contribution in [0.2, 0.25) is 0 Å².